The number of esters is 1. The average Bonchev–Trinajstić information content (AvgIpc) is 2.61. The van der Waals surface area contributed by atoms with E-state index in [9.17, 15) is 4.79 Å². The van der Waals surface area contributed by atoms with Gasteiger partial charge in [-0.1, -0.05) is 50.9 Å². The molecule has 1 aliphatic carbocycles. The van der Waals surface area contributed by atoms with Crippen molar-refractivity contribution < 1.29 is 9.53 Å². The van der Waals surface area contributed by atoms with Crippen LogP contribution in [-0.4, -0.2) is 22.5 Å². The number of hydrogen-bond acceptors (Lipinski definition) is 4. The third-order valence-electron chi connectivity index (χ3n) is 5.19. The van der Waals surface area contributed by atoms with Crippen molar-refractivity contribution in [2.75, 3.05) is 6.61 Å². The Bertz CT molecular complexity index is 562. The van der Waals surface area contributed by atoms with Crippen molar-refractivity contribution in [2.24, 2.45) is 17.6 Å². The van der Waals surface area contributed by atoms with Gasteiger partial charge in [0.1, 0.15) is 0 Å². The molecule has 0 aliphatic heterocycles. The predicted octanol–water partition coefficient (Wildman–Crippen LogP) is 4.20. The minimum atomic E-state index is -1.17. The number of thiocarbonyl (C=S) groups is 1. The van der Waals surface area contributed by atoms with E-state index in [1.165, 1.54) is 25.7 Å². The number of ether oxygens (including phenoxy) is 1. The Hall–Kier alpha value is -1.20. The summed E-state index contributed by atoms with van der Waals surface area (Å²) in [6.07, 6.45) is 8.93. The van der Waals surface area contributed by atoms with Gasteiger partial charge >= 0.3 is 5.97 Å². The topological polar surface area (TPSA) is 65.2 Å². The molecular weight excluding hydrogens is 356 g/mol. The van der Waals surface area contributed by atoms with E-state index < -0.39 is 11.4 Å². The van der Waals surface area contributed by atoms with E-state index in [4.69, 9.17) is 22.7 Å². The molecule has 25 heavy (non-hydrogen) atoms. The van der Waals surface area contributed by atoms with Crippen LogP contribution in [0.3, 0.4) is 0 Å². The number of hydrogen-bond donors (Lipinski definition) is 1. The number of carbonyl (C=O) groups excluding carboxylic acids is 1. The largest absolute Gasteiger partial charge is 0.464 e. The molecule has 1 unspecified atom stereocenters. The van der Waals surface area contributed by atoms with Crippen molar-refractivity contribution in [2.45, 2.75) is 57.8 Å². The van der Waals surface area contributed by atoms with E-state index in [-0.39, 0.29) is 17.4 Å². The standard InChI is InChI=1S/C19H28N2O2S.ClH/c1-3-6-14-8-10-15(11-9-14)13-23-18(22)19(2,17(20)24)16-7-4-5-12-21-16;/h4-5,7,12,14-15H,3,6,8-11,13H2,1-2H3,(H2,20,24);1H. The molecule has 0 bridgehead atoms. The van der Waals surface area contributed by atoms with Gasteiger partial charge in [-0.3, -0.25) is 9.78 Å². The van der Waals surface area contributed by atoms with Crippen LogP contribution >= 0.6 is 24.6 Å². The average molecular weight is 385 g/mol. The minimum Gasteiger partial charge on any atom is -0.464 e. The smallest absolute Gasteiger partial charge is 0.324 e. The van der Waals surface area contributed by atoms with Gasteiger partial charge < -0.3 is 10.5 Å². The highest BCUT2D eigenvalue weighted by Crippen LogP contribution is 2.32. The lowest BCUT2D eigenvalue weighted by atomic mass is 9.80. The van der Waals surface area contributed by atoms with E-state index in [1.54, 1.807) is 25.3 Å². The van der Waals surface area contributed by atoms with E-state index in [1.807, 2.05) is 6.07 Å². The Balaban J connectivity index is 0.00000312. The van der Waals surface area contributed by atoms with Crippen LogP contribution in [0.2, 0.25) is 0 Å². The van der Waals surface area contributed by atoms with Crippen LogP contribution in [0.15, 0.2) is 24.4 Å². The van der Waals surface area contributed by atoms with Crippen molar-refractivity contribution in [1.82, 2.24) is 4.98 Å². The van der Waals surface area contributed by atoms with Crippen molar-refractivity contribution in [1.29, 1.82) is 0 Å². The fourth-order valence-electron chi connectivity index (χ4n) is 3.42. The minimum absolute atomic E-state index is 0. The monoisotopic (exact) mass is 384 g/mol. The first-order valence-corrected chi connectivity index (χ1v) is 9.28. The second-order valence-electron chi connectivity index (χ2n) is 6.98. The van der Waals surface area contributed by atoms with Crippen LogP contribution in [0.25, 0.3) is 0 Å². The molecule has 0 amide bonds. The zero-order valence-corrected chi connectivity index (χ0v) is 16.7. The van der Waals surface area contributed by atoms with Gasteiger partial charge in [0.05, 0.1) is 17.3 Å². The fourth-order valence-corrected chi connectivity index (χ4v) is 3.61. The molecule has 1 aliphatic rings. The Labute approximate surface area is 162 Å². The molecule has 0 radical (unpaired) electrons. The lowest BCUT2D eigenvalue weighted by molar-refractivity contribution is -0.149. The van der Waals surface area contributed by atoms with Crippen LogP contribution in [0.5, 0.6) is 0 Å². The Morgan fingerprint density at radius 2 is 1.96 bits per heavy atom. The lowest BCUT2D eigenvalue weighted by Gasteiger charge is -2.30. The van der Waals surface area contributed by atoms with Crippen molar-refractivity contribution in [3.8, 4) is 0 Å². The van der Waals surface area contributed by atoms with Gasteiger partial charge in [-0.15, -0.1) is 12.4 Å². The first-order chi connectivity index (χ1) is 11.5. The van der Waals surface area contributed by atoms with Crippen LogP contribution < -0.4 is 5.73 Å². The second-order valence-corrected chi connectivity index (χ2v) is 7.42. The molecule has 1 fully saturated rings. The molecule has 0 saturated heterocycles. The quantitative estimate of drug-likeness (QED) is 0.563. The van der Waals surface area contributed by atoms with Gasteiger partial charge in [-0.25, -0.2) is 0 Å². The summed E-state index contributed by atoms with van der Waals surface area (Å²) in [7, 11) is 0. The second kappa shape index (κ2) is 10.1. The number of carbonyl (C=O) groups is 1. The molecule has 2 rings (SSSR count). The van der Waals surface area contributed by atoms with Gasteiger partial charge in [-0.2, -0.15) is 0 Å². The molecule has 1 heterocycles. The first kappa shape index (κ1) is 21.8. The highest BCUT2D eigenvalue weighted by Gasteiger charge is 2.41. The Morgan fingerprint density at radius 1 is 1.32 bits per heavy atom. The summed E-state index contributed by atoms with van der Waals surface area (Å²) in [4.78, 5) is 17.0. The molecule has 0 spiro atoms. The summed E-state index contributed by atoms with van der Waals surface area (Å²) in [6.45, 7) is 4.38. The number of aromatic nitrogens is 1. The summed E-state index contributed by atoms with van der Waals surface area (Å²) in [5, 5.41) is 0. The molecule has 0 aromatic carbocycles. The van der Waals surface area contributed by atoms with Crippen molar-refractivity contribution in [3.63, 3.8) is 0 Å². The van der Waals surface area contributed by atoms with Gasteiger partial charge in [-0.05, 0) is 43.7 Å². The number of halogens is 1. The fraction of sp³-hybridized carbons (Fsp3) is 0.632. The lowest BCUT2D eigenvalue weighted by Crippen LogP contribution is -2.46. The number of nitrogens with zero attached hydrogens (tertiary/aromatic N) is 1. The molecular formula is C19H29ClN2O2S. The zero-order valence-electron chi connectivity index (χ0n) is 15.1. The van der Waals surface area contributed by atoms with Crippen molar-refractivity contribution >= 4 is 35.6 Å². The van der Waals surface area contributed by atoms with E-state index in [0.717, 1.165) is 18.8 Å². The Morgan fingerprint density at radius 3 is 2.48 bits per heavy atom. The third-order valence-corrected chi connectivity index (χ3v) is 5.60. The number of pyridine rings is 1. The number of nitrogens with two attached hydrogens (primary N) is 1. The molecule has 1 aromatic heterocycles. The maximum Gasteiger partial charge on any atom is 0.324 e. The summed E-state index contributed by atoms with van der Waals surface area (Å²) >= 11 is 5.14. The van der Waals surface area contributed by atoms with E-state index >= 15 is 0 Å². The summed E-state index contributed by atoms with van der Waals surface area (Å²) < 4.78 is 5.61. The maximum absolute atomic E-state index is 12.7. The van der Waals surface area contributed by atoms with Gasteiger partial charge in [0.2, 0.25) is 0 Å². The number of rotatable bonds is 7. The summed E-state index contributed by atoms with van der Waals surface area (Å²) in [5.74, 6) is 0.892. The normalized spacial score (nSPS) is 22.3. The summed E-state index contributed by atoms with van der Waals surface area (Å²) in [5.41, 5.74) is 5.22. The first-order valence-electron chi connectivity index (χ1n) is 8.87. The van der Waals surface area contributed by atoms with Crippen molar-refractivity contribution in [3.05, 3.63) is 30.1 Å². The highest BCUT2D eigenvalue weighted by molar-refractivity contribution is 7.80. The molecule has 4 nitrogen and oxygen atoms in total. The zero-order chi connectivity index (χ0) is 17.6. The molecule has 6 heteroatoms. The predicted molar refractivity (Wildman–Crippen MR) is 107 cm³/mol. The highest BCUT2D eigenvalue weighted by atomic mass is 35.5. The molecule has 1 saturated carbocycles. The van der Waals surface area contributed by atoms with Crippen LogP contribution in [0.4, 0.5) is 0 Å². The van der Waals surface area contributed by atoms with E-state index in [0.29, 0.717) is 18.2 Å². The maximum atomic E-state index is 12.7. The van der Waals surface area contributed by atoms with Gasteiger partial charge in [0.25, 0.3) is 0 Å². The molecule has 140 valence electrons. The molecule has 2 N–H and O–H groups in total. The SMILES string of the molecule is CCCC1CCC(COC(=O)C(C)(C(N)=S)c2ccccn2)CC1.Cl. The van der Waals surface area contributed by atoms with Crippen LogP contribution in [0, 0.1) is 11.8 Å². The summed E-state index contributed by atoms with van der Waals surface area (Å²) in [6, 6.07) is 5.38. The van der Waals surface area contributed by atoms with Gasteiger partial charge in [0.15, 0.2) is 5.41 Å². The van der Waals surface area contributed by atoms with Crippen LogP contribution in [0.1, 0.15) is 58.1 Å². The molecule has 1 aromatic rings. The third kappa shape index (κ3) is 5.38. The Kier molecular flexibility index (Phi) is 8.80. The van der Waals surface area contributed by atoms with Crippen LogP contribution in [-0.2, 0) is 14.9 Å². The van der Waals surface area contributed by atoms with E-state index in [2.05, 4.69) is 11.9 Å². The van der Waals surface area contributed by atoms with Gasteiger partial charge in [0, 0.05) is 6.20 Å². The molecule has 1 atom stereocenters.